The number of benzene rings is 9. The van der Waals surface area contributed by atoms with E-state index in [9.17, 15) is 0 Å². The number of thiophene rings is 1. The summed E-state index contributed by atoms with van der Waals surface area (Å²) in [6, 6.07) is 79.2. The van der Waals surface area contributed by atoms with Crippen LogP contribution in [0.15, 0.2) is 228 Å². The van der Waals surface area contributed by atoms with E-state index in [-0.39, 0.29) is 0 Å². The van der Waals surface area contributed by atoms with E-state index in [1.54, 1.807) is 0 Å². The van der Waals surface area contributed by atoms with Crippen LogP contribution in [0.2, 0.25) is 0 Å². The average molecular weight is 810 g/mol. The first kappa shape index (κ1) is 36.2. The lowest BCUT2D eigenvalue weighted by atomic mass is 9.67. The van der Waals surface area contributed by atoms with Crippen molar-refractivity contribution in [1.82, 2.24) is 4.57 Å². The Kier molecular flexibility index (Phi) is 8.65. The summed E-state index contributed by atoms with van der Waals surface area (Å²) >= 11 is 1.81. The van der Waals surface area contributed by atoms with Crippen molar-refractivity contribution in [2.45, 2.75) is 12.1 Å². The Bertz CT molecular complexity index is 3500. The van der Waals surface area contributed by atoms with E-state index in [0.29, 0.717) is 12.5 Å². The van der Waals surface area contributed by atoms with Gasteiger partial charge in [-0.15, -0.1) is 11.3 Å². The topological polar surface area (TPSA) is 29.6 Å². The van der Waals surface area contributed by atoms with Crippen molar-refractivity contribution in [3.05, 3.63) is 252 Å². The fourth-order valence-electron chi connectivity index (χ4n) is 9.93. The Balaban J connectivity index is 1.12. The highest BCUT2D eigenvalue weighted by Crippen LogP contribution is 2.56. The second-order valence-corrected chi connectivity index (χ2v) is 17.1. The summed E-state index contributed by atoms with van der Waals surface area (Å²) in [5.74, 6) is 0.704. The summed E-state index contributed by atoms with van der Waals surface area (Å²) in [6.07, 6.45) is 1.95. The van der Waals surface area contributed by atoms with Gasteiger partial charge in [0.1, 0.15) is 6.67 Å². The fourth-order valence-corrected chi connectivity index (χ4v) is 11.1. The first-order valence-electron chi connectivity index (χ1n) is 21.2. The molecule has 9 aromatic carbocycles. The molecule has 0 saturated heterocycles. The molecule has 0 atom stereocenters. The van der Waals surface area contributed by atoms with Gasteiger partial charge in [-0.2, -0.15) is 0 Å². The van der Waals surface area contributed by atoms with E-state index in [1.165, 1.54) is 75.5 Å². The fraction of sp³-hybridized carbons (Fsp3) is 0.0345. The molecule has 0 saturated carbocycles. The van der Waals surface area contributed by atoms with Gasteiger partial charge in [-0.25, -0.2) is 9.98 Å². The second kappa shape index (κ2) is 14.8. The molecule has 2 heterocycles. The van der Waals surface area contributed by atoms with Gasteiger partial charge in [-0.05, 0) is 74.3 Å². The standard InChI is InChI=1S/C58H39N3S/c1-4-17-39(18-5-1)37-59-57(50-27-16-26-49-48-25-12-15-30-55(48)62-56(49)50)60-38-61-53-35-41(40-19-6-2-7-20-40)31-33-46(53)47-34-32-43(36-54(47)61)58(42-21-8-3-9-22-42)51-28-13-10-23-44(51)45-24-11-14-29-52(45)58/h1-37H,38H2. The number of fused-ring (bicyclic) bond motifs is 9. The molecule has 1 aliphatic rings. The number of rotatable bonds is 7. The third kappa shape index (κ3) is 5.72. The number of hydrogen-bond acceptors (Lipinski definition) is 2. The van der Waals surface area contributed by atoms with Gasteiger partial charge in [0.05, 0.1) is 16.4 Å². The Morgan fingerprint density at radius 3 is 1.85 bits per heavy atom. The number of nitrogens with zero attached hydrogens (tertiary/aromatic N) is 3. The lowest BCUT2D eigenvalue weighted by Crippen LogP contribution is -2.28. The lowest BCUT2D eigenvalue weighted by Gasteiger charge is -2.34. The molecule has 4 heteroatoms. The summed E-state index contributed by atoms with van der Waals surface area (Å²) in [4.78, 5) is 10.7. The zero-order valence-electron chi connectivity index (χ0n) is 33.8. The Morgan fingerprint density at radius 1 is 0.484 bits per heavy atom. The van der Waals surface area contributed by atoms with E-state index < -0.39 is 5.41 Å². The normalized spacial score (nSPS) is 13.4. The molecule has 0 aliphatic heterocycles. The summed E-state index contributed by atoms with van der Waals surface area (Å²) < 4.78 is 4.86. The van der Waals surface area contributed by atoms with Crippen LogP contribution in [-0.4, -0.2) is 16.6 Å². The summed E-state index contributed by atoms with van der Waals surface area (Å²) in [6.45, 7) is 0.371. The van der Waals surface area contributed by atoms with Crippen molar-refractivity contribution < 1.29 is 0 Å². The molecule has 0 bridgehead atoms. The third-order valence-corrected chi connectivity index (χ3v) is 13.9. The van der Waals surface area contributed by atoms with Crippen LogP contribution in [0.1, 0.15) is 33.4 Å². The molecule has 1 aliphatic carbocycles. The predicted octanol–water partition coefficient (Wildman–Crippen LogP) is 14.7. The highest BCUT2D eigenvalue weighted by molar-refractivity contribution is 7.26. The molecule has 0 fully saturated rings. The smallest absolute Gasteiger partial charge is 0.157 e. The second-order valence-electron chi connectivity index (χ2n) is 16.0. The van der Waals surface area contributed by atoms with Crippen molar-refractivity contribution in [3.8, 4) is 22.3 Å². The SMILES string of the molecule is C(=NC(=NCn1c2cc(-c3ccccc3)ccc2c2ccc(C3(c4ccccc4)c4ccccc4-c4ccccc43)cc21)c1cccc2c1sc1ccccc12)c1ccccc1. The van der Waals surface area contributed by atoms with E-state index in [1.807, 2.05) is 35.8 Å². The molecule has 0 N–H and O–H groups in total. The van der Waals surface area contributed by atoms with Crippen LogP contribution < -0.4 is 0 Å². The zero-order chi connectivity index (χ0) is 41.0. The van der Waals surface area contributed by atoms with Crippen molar-refractivity contribution >= 4 is 65.4 Å². The largest absolute Gasteiger partial charge is 0.320 e. The van der Waals surface area contributed by atoms with Gasteiger partial charge in [0.25, 0.3) is 0 Å². The van der Waals surface area contributed by atoms with E-state index in [0.717, 1.165) is 22.2 Å². The lowest BCUT2D eigenvalue weighted by molar-refractivity contribution is 0.763. The van der Waals surface area contributed by atoms with Crippen molar-refractivity contribution in [3.63, 3.8) is 0 Å². The highest BCUT2D eigenvalue weighted by Gasteiger charge is 2.46. The maximum Gasteiger partial charge on any atom is 0.157 e. The van der Waals surface area contributed by atoms with E-state index in [2.05, 4.69) is 205 Å². The van der Waals surface area contributed by atoms with Crippen LogP contribution in [0.3, 0.4) is 0 Å². The first-order chi connectivity index (χ1) is 30.8. The average Bonchev–Trinajstić information content (AvgIpc) is 3.98. The molecule has 12 rings (SSSR count). The molecule has 0 unspecified atom stereocenters. The minimum absolute atomic E-state index is 0.371. The summed E-state index contributed by atoms with van der Waals surface area (Å²) in [5, 5.41) is 4.88. The minimum atomic E-state index is -0.523. The van der Waals surface area contributed by atoms with Gasteiger partial charge in [-0.1, -0.05) is 194 Å². The quantitative estimate of drug-likeness (QED) is 0.113. The summed E-state index contributed by atoms with van der Waals surface area (Å²) in [5.41, 5.74) is 13.8. The highest BCUT2D eigenvalue weighted by atomic mass is 32.1. The molecule has 0 amide bonds. The third-order valence-electron chi connectivity index (χ3n) is 12.7. The van der Waals surface area contributed by atoms with Gasteiger partial charge >= 0.3 is 0 Å². The Labute approximate surface area is 364 Å². The molecular formula is C58H39N3S. The predicted molar refractivity (Wildman–Crippen MR) is 262 cm³/mol. The van der Waals surface area contributed by atoms with Crippen molar-refractivity contribution in [2.24, 2.45) is 9.98 Å². The van der Waals surface area contributed by atoms with Crippen LogP contribution in [0, 0.1) is 0 Å². The minimum Gasteiger partial charge on any atom is -0.320 e. The van der Waals surface area contributed by atoms with Gasteiger partial charge < -0.3 is 4.57 Å². The van der Waals surface area contributed by atoms with Gasteiger partial charge in [0.15, 0.2) is 5.84 Å². The van der Waals surface area contributed by atoms with Crippen LogP contribution >= 0.6 is 11.3 Å². The molecule has 292 valence electrons. The summed E-state index contributed by atoms with van der Waals surface area (Å²) in [7, 11) is 0. The van der Waals surface area contributed by atoms with Crippen molar-refractivity contribution in [2.75, 3.05) is 0 Å². The number of aliphatic imine (C=N–C) groups is 2. The molecule has 2 aromatic heterocycles. The molecule has 0 radical (unpaired) electrons. The van der Waals surface area contributed by atoms with Gasteiger partial charge in [0.2, 0.25) is 0 Å². The maximum absolute atomic E-state index is 5.54. The van der Waals surface area contributed by atoms with Crippen LogP contribution in [0.4, 0.5) is 0 Å². The van der Waals surface area contributed by atoms with Gasteiger partial charge in [0, 0.05) is 42.7 Å². The molecule has 62 heavy (non-hydrogen) atoms. The number of hydrogen-bond donors (Lipinski definition) is 0. The first-order valence-corrected chi connectivity index (χ1v) is 22.0. The zero-order valence-corrected chi connectivity index (χ0v) is 34.6. The molecule has 3 nitrogen and oxygen atoms in total. The van der Waals surface area contributed by atoms with Crippen LogP contribution in [0.25, 0.3) is 64.2 Å². The molecule has 11 aromatic rings. The van der Waals surface area contributed by atoms with Crippen molar-refractivity contribution in [1.29, 1.82) is 0 Å². The Hall–Kier alpha value is -7.66. The number of amidine groups is 1. The maximum atomic E-state index is 5.54. The van der Waals surface area contributed by atoms with Gasteiger partial charge in [-0.3, -0.25) is 0 Å². The monoisotopic (exact) mass is 809 g/mol. The molecule has 0 spiro atoms. The van der Waals surface area contributed by atoms with E-state index >= 15 is 0 Å². The van der Waals surface area contributed by atoms with Crippen LogP contribution in [0.5, 0.6) is 0 Å². The van der Waals surface area contributed by atoms with E-state index in [4.69, 9.17) is 9.98 Å². The molecular weight excluding hydrogens is 771 g/mol. The van der Waals surface area contributed by atoms with Crippen LogP contribution in [-0.2, 0) is 12.1 Å². The number of aromatic nitrogens is 1. The Morgan fingerprint density at radius 2 is 1.10 bits per heavy atom.